The highest BCUT2D eigenvalue weighted by Crippen LogP contribution is 1.76. The Morgan fingerprint density at radius 1 is 0.733 bits per heavy atom. The Morgan fingerprint density at radius 2 is 1.13 bits per heavy atom. The van der Waals surface area contributed by atoms with Crippen LogP contribution in [0.4, 0.5) is 0 Å². The minimum Gasteiger partial charge on any atom is -0.245 e. The summed E-state index contributed by atoms with van der Waals surface area (Å²) in [7, 11) is 7.54. The lowest BCUT2D eigenvalue weighted by Crippen LogP contribution is -2.44. The Morgan fingerprint density at radius 3 is 1.20 bits per heavy atom. The van der Waals surface area contributed by atoms with E-state index in [-0.39, 0.29) is 0 Å². The standard InChI is InChI=1S/C5H15N3.C4H13N3/c1-4-5-8(6-2)7-3;1-4-7(5-2)6-3/h6-7H,4-5H2,1-3H3;5-6H,4H2,1-3H3. The number of rotatable bonds is 7. The van der Waals surface area contributed by atoms with Crippen molar-refractivity contribution in [3.8, 4) is 0 Å². The van der Waals surface area contributed by atoms with Crippen molar-refractivity contribution in [2.24, 2.45) is 0 Å². The maximum Gasteiger partial charge on any atom is 0.0285 e. The molecule has 0 radical (unpaired) electrons. The molecular formula is C9H28N6. The SMILES string of the molecule is CCCN(NC)NC.CCN(NC)NC. The van der Waals surface area contributed by atoms with Crippen molar-refractivity contribution in [2.45, 2.75) is 20.3 Å². The maximum absolute atomic E-state index is 2.97. The highest BCUT2D eigenvalue weighted by molar-refractivity contribution is 4.35. The summed E-state index contributed by atoms with van der Waals surface area (Å²) in [6.07, 6.45) is 1.15. The second kappa shape index (κ2) is 13.8. The van der Waals surface area contributed by atoms with E-state index in [0.717, 1.165) is 19.5 Å². The van der Waals surface area contributed by atoms with E-state index in [0.29, 0.717) is 0 Å². The first kappa shape index (κ1) is 17.2. The fourth-order valence-electron chi connectivity index (χ4n) is 0.987. The molecule has 94 valence electrons. The van der Waals surface area contributed by atoms with E-state index in [4.69, 9.17) is 0 Å². The third-order valence-corrected chi connectivity index (χ3v) is 1.84. The van der Waals surface area contributed by atoms with Crippen LogP contribution >= 0.6 is 0 Å². The van der Waals surface area contributed by atoms with Crippen molar-refractivity contribution in [3.63, 3.8) is 0 Å². The molecule has 4 N–H and O–H groups in total. The minimum absolute atomic E-state index is 0.965. The summed E-state index contributed by atoms with van der Waals surface area (Å²) in [6.45, 7) is 6.20. The van der Waals surface area contributed by atoms with E-state index < -0.39 is 0 Å². The van der Waals surface area contributed by atoms with Crippen LogP contribution in [0.1, 0.15) is 20.3 Å². The average Bonchev–Trinajstić information content (AvgIpc) is 2.29. The van der Waals surface area contributed by atoms with E-state index in [1.165, 1.54) is 0 Å². The van der Waals surface area contributed by atoms with Gasteiger partial charge in [0, 0.05) is 41.3 Å². The van der Waals surface area contributed by atoms with Crippen LogP contribution in [0.25, 0.3) is 0 Å². The summed E-state index contributed by atoms with van der Waals surface area (Å²) >= 11 is 0. The second-order valence-corrected chi connectivity index (χ2v) is 2.79. The van der Waals surface area contributed by atoms with Crippen molar-refractivity contribution < 1.29 is 0 Å². The molecule has 0 fully saturated rings. The molecule has 0 saturated heterocycles. The molecule has 0 atom stereocenters. The van der Waals surface area contributed by atoms with E-state index in [1.807, 2.05) is 38.4 Å². The number of nitrogens with one attached hydrogen (secondary N) is 4. The van der Waals surface area contributed by atoms with Crippen LogP contribution in [0.3, 0.4) is 0 Å². The van der Waals surface area contributed by atoms with Crippen LogP contribution in [-0.4, -0.2) is 51.5 Å². The van der Waals surface area contributed by atoms with Gasteiger partial charge in [0.1, 0.15) is 0 Å². The van der Waals surface area contributed by atoms with Gasteiger partial charge >= 0.3 is 0 Å². The lowest BCUT2D eigenvalue weighted by molar-refractivity contribution is 0.146. The zero-order valence-electron chi connectivity index (χ0n) is 11.0. The van der Waals surface area contributed by atoms with Crippen molar-refractivity contribution in [2.75, 3.05) is 41.3 Å². The van der Waals surface area contributed by atoms with Crippen LogP contribution < -0.4 is 21.7 Å². The monoisotopic (exact) mass is 220 g/mol. The molecule has 0 spiro atoms. The fourth-order valence-corrected chi connectivity index (χ4v) is 0.987. The fraction of sp³-hybridized carbons (Fsp3) is 1.00. The normalized spacial score (nSPS) is 10.4. The molecule has 0 aliphatic carbocycles. The summed E-state index contributed by atoms with van der Waals surface area (Å²) in [4.78, 5) is 0. The quantitative estimate of drug-likeness (QED) is 0.436. The molecule has 0 aromatic rings. The van der Waals surface area contributed by atoms with Crippen molar-refractivity contribution in [3.05, 3.63) is 0 Å². The van der Waals surface area contributed by atoms with Crippen LogP contribution in [0.15, 0.2) is 0 Å². The minimum atomic E-state index is 0.965. The molecule has 15 heavy (non-hydrogen) atoms. The van der Waals surface area contributed by atoms with E-state index in [1.54, 1.807) is 0 Å². The molecule has 6 nitrogen and oxygen atoms in total. The van der Waals surface area contributed by atoms with E-state index >= 15 is 0 Å². The number of hydrogen-bond donors (Lipinski definition) is 4. The van der Waals surface area contributed by atoms with Crippen molar-refractivity contribution in [1.29, 1.82) is 0 Å². The van der Waals surface area contributed by atoms with Gasteiger partial charge in [-0.3, -0.25) is 0 Å². The van der Waals surface area contributed by atoms with Crippen LogP contribution in [0.2, 0.25) is 0 Å². The second-order valence-electron chi connectivity index (χ2n) is 2.79. The maximum atomic E-state index is 2.97. The molecule has 0 rings (SSSR count). The number of hydrazine groups is 4. The van der Waals surface area contributed by atoms with Crippen LogP contribution in [0.5, 0.6) is 0 Å². The average molecular weight is 220 g/mol. The van der Waals surface area contributed by atoms with Gasteiger partial charge in [0.05, 0.1) is 0 Å². The smallest absolute Gasteiger partial charge is 0.0285 e. The Balaban J connectivity index is 0. The predicted molar refractivity (Wildman–Crippen MR) is 65.6 cm³/mol. The molecule has 6 heteroatoms. The molecule has 0 aromatic carbocycles. The van der Waals surface area contributed by atoms with E-state index in [9.17, 15) is 0 Å². The molecule has 0 saturated carbocycles. The largest absolute Gasteiger partial charge is 0.245 e. The molecule has 0 aliphatic rings. The van der Waals surface area contributed by atoms with Crippen LogP contribution in [0, 0.1) is 0 Å². The highest BCUT2D eigenvalue weighted by atomic mass is 15.7. The van der Waals surface area contributed by atoms with Gasteiger partial charge in [-0.25, -0.2) is 21.7 Å². The van der Waals surface area contributed by atoms with E-state index in [2.05, 4.69) is 35.6 Å². The highest BCUT2D eigenvalue weighted by Gasteiger charge is 1.91. The Kier molecular flexibility index (Phi) is 15.7. The lowest BCUT2D eigenvalue weighted by Gasteiger charge is -2.17. The molecule has 0 heterocycles. The third kappa shape index (κ3) is 11.7. The molecule has 0 aliphatic heterocycles. The summed E-state index contributed by atoms with van der Waals surface area (Å²) in [5.74, 6) is 0. The van der Waals surface area contributed by atoms with Gasteiger partial charge in [-0.1, -0.05) is 6.92 Å². The number of hydrogen-bond acceptors (Lipinski definition) is 6. The summed E-state index contributed by atoms with van der Waals surface area (Å²) in [6, 6.07) is 0. The topological polar surface area (TPSA) is 54.6 Å². The Bertz CT molecular complexity index is 97.3. The molecule has 0 aromatic heterocycles. The van der Waals surface area contributed by atoms with Gasteiger partial charge in [0.15, 0.2) is 0 Å². The van der Waals surface area contributed by atoms with Crippen LogP contribution in [-0.2, 0) is 0 Å². The Labute approximate surface area is 94.3 Å². The molecule has 0 amide bonds. The Hall–Kier alpha value is -0.240. The summed E-state index contributed by atoms with van der Waals surface area (Å²) < 4.78 is 0. The van der Waals surface area contributed by atoms with Crippen molar-refractivity contribution >= 4 is 0 Å². The summed E-state index contributed by atoms with van der Waals surface area (Å²) in [5, 5.41) is 3.81. The van der Waals surface area contributed by atoms with Gasteiger partial charge in [-0.15, -0.1) is 0 Å². The van der Waals surface area contributed by atoms with Gasteiger partial charge in [0.2, 0.25) is 0 Å². The first-order valence-corrected chi connectivity index (χ1v) is 5.44. The van der Waals surface area contributed by atoms with Gasteiger partial charge < -0.3 is 0 Å². The van der Waals surface area contributed by atoms with Gasteiger partial charge in [0.25, 0.3) is 0 Å². The predicted octanol–water partition coefficient (Wildman–Crippen LogP) is -0.456. The first-order valence-electron chi connectivity index (χ1n) is 5.44. The lowest BCUT2D eigenvalue weighted by atomic mass is 10.5. The summed E-state index contributed by atoms with van der Waals surface area (Å²) in [5.41, 5.74) is 11.8. The zero-order chi connectivity index (χ0) is 12.1. The van der Waals surface area contributed by atoms with Gasteiger partial charge in [-0.2, -0.15) is 10.2 Å². The van der Waals surface area contributed by atoms with Gasteiger partial charge in [-0.05, 0) is 13.3 Å². The van der Waals surface area contributed by atoms with Crippen molar-refractivity contribution in [1.82, 2.24) is 31.9 Å². The first-order chi connectivity index (χ1) is 7.19. The molecular weight excluding hydrogens is 192 g/mol. The molecule has 0 unspecified atom stereocenters. The zero-order valence-corrected chi connectivity index (χ0v) is 11.0. The third-order valence-electron chi connectivity index (χ3n) is 1.84. The molecule has 0 bridgehead atoms. The number of nitrogens with zero attached hydrogens (tertiary/aromatic N) is 2.